The second kappa shape index (κ2) is 8.41. The van der Waals surface area contributed by atoms with Crippen LogP contribution in [0.4, 0.5) is 4.79 Å². The molecule has 0 bridgehead atoms. The van der Waals surface area contributed by atoms with Crippen molar-refractivity contribution in [2.45, 2.75) is 51.5 Å². The summed E-state index contributed by atoms with van der Waals surface area (Å²) < 4.78 is 5.22. The third kappa shape index (κ3) is 5.39. The fourth-order valence-corrected chi connectivity index (χ4v) is 2.63. The van der Waals surface area contributed by atoms with E-state index in [4.69, 9.17) is 4.74 Å². The van der Waals surface area contributed by atoms with E-state index >= 15 is 0 Å². The van der Waals surface area contributed by atoms with Gasteiger partial charge in [0.25, 0.3) is 0 Å². The smallest absolute Gasteiger partial charge is 0.330 e. The predicted octanol–water partition coefficient (Wildman–Crippen LogP) is 2.79. The Morgan fingerprint density at radius 1 is 1.23 bits per heavy atom. The zero-order chi connectivity index (χ0) is 15.8. The Hall–Kier alpha value is -2.04. The Balaban J connectivity index is 1.71. The summed E-state index contributed by atoms with van der Waals surface area (Å²) in [7, 11) is 0. The Bertz CT molecular complexity index is 510. The van der Waals surface area contributed by atoms with Crippen molar-refractivity contribution in [3.63, 3.8) is 0 Å². The van der Waals surface area contributed by atoms with Gasteiger partial charge in [-0.1, -0.05) is 38.3 Å². The van der Waals surface area contributed by atoms with Gasteiger partial charge in [-0.2, -0.15) is 0 Å². The van der Waals surface area contributed by atoms with Crippen LogP contribution >= 0.6 is 0 Å². The van der Waals surface area contributed by atoms with Crippen molar-refractivity contribution in [3.8, 4) is 5.75 Å². The van der Waals surface area contributed by atoms with E-state index in [0.717, 1.165) is 37.7 Å². The SMILES string of the molecule is CCc1cccc(OC(=O)CNC(=O)NC2CCCCC2)c1. The normalized spacial score (nSPS) is 15.1. The minimum Gasteiger partial charge on any atom is -0.425 e. The maximum atomic E-state index is 11.7. The highest BCUT2D eigenvalue weighted by atomic mass is 16.5. The number of esters is 1. The molecule has 0 unspecified atom stereocenters. The fraction of sp³-hybridized carbons (Fsp3) is 0.529. The van der Waals surface area contributed by atoms with Gasteiger partial charge in [-0.15, -0.1) is 0 Å². The summed E-state index contributed by atoms with van der Waals surface area (Å²) in [5.41, 5.74) is 1.10. The average molecular weight is 304 g/mol. The third-order valence-corrected chi connectivity index (χ3v) is 3.87. The van der Waals surface area contributed by atoms with Gasteiger partial charge in [-0.3, -0.25) is 0 Å². The first-order valence-electron chi connectivity index (χ1n) is 8.01. The Morgan fingerprint density at radius 2 is 2.00 bits per heavy atom. The molecule has 1 aliphatic rings. The van der Waals surface area contributed by atoms with E-state index in [1.165, 1.54) is 6.42 Å². The molecule has 0 radical (unpaired) electrons. The Morgan fingerprint density at radius 3 is 2.73 bits per heavy atom. The molecule has 1 aromatic carbocycles. The van der Waals surface area contributed by atoms with Crippen molar-refractivity contribution in [2.75, 3.05) is 6.54 Å². The number of hydrogen-bond donors (Lipinski definition) is 2. The standard InChI is InChI=1S/C17H24N2O3/c1-2-13-7-6-10-15(11-13)22-16(20)12-18-17(21)19-14-8-4-3-5-9-14/h6-7,10-11,14H,2-5,8-9,12H2,1H3,(H2,18,19,21). The van der Waals surface area contributed by atoms with E-state index in [1.807, 2.05) is 25.1 Å². The minimum atomic E-state index is -0.466. The van der Waals surface area contributed by atoms with E-state index in [2.05, 4.69) is 10.6 Å². The van der Waals surface area contributed by atoms with Crippen LogP contribution < -0.4 is 15.4 Å². The Labute approximate surface area is 131 Å². The van der Waals surface area contributed by atoms with Gasteiger partial charge in [0.1, 0.15) is 12.3 Å². The summed E-state index contributed by atoms with van der Waals surface area (Å²) >= 11 is 0. The zero-order valence-electron chi connectivity index (χ0n) is 13.1. The molecule has 5 heteroatoms. The van der Waals surface area contributed by atoms with Crippen molar-refractivity contribution in [2.24, 2.45) is 0 Å². The van der Waals surface area contributed by atoms with Crippen molar-refractivity contribution < 1.29 is 14.3 Å². The van der Waals surface area contributed by atoms with Gasteiger partial charge in [0.2, 0.25) is 0 Å². The zero-order valence-corrected chi connectivity index (χ0v) is 13.1. The monoisotopic (exact) mass is 304 g/mol. The van der Waals surface area contributed by atoms with Crippen molar-refractivity contribution in [1.29, 1.82) is 0 Å². The average Bonchev–Trinajstić information content (AvgIpc) is 2.54. The highest BCUT2D eigenvalue weighted by Gasteiger charge is 2.16. The number of urea groups is 1. The summed E-state index contributed by atoms with van der Waals surface area (Å²) in [5, 5.41) is 5.45. The minimum absolute atomic E-state index is 0.130. The molecule has 1 saturated carbocycles. The van der Waals surface area contributed by atoms with Gasteiger partial charge in [0.05, 0.1) is 0 Å². The number of benzene rings is 1. The first kappa shape index (κ1) is 16.3. The molecule has 2 amide bonds. The lowest BCUT2D eigenvalue weighted by Crippen LogP contribution is -2.45. The van der Waals surface area contributed by atoms with Crippen molar-refractivity contribution in [1.82, 2.24) is 10.6 Å². The van der Waals surface area contributed by atoms with Crippen LogP contribution in [0.2, 0.25) is 0 Å². The summed E-state index contributed by atoms with van der Waals surface area (Å²) in [5.74, 6) is 0.0471. The first-order chi connectivity index (χ1) is 10.7. The number of ether oxygens (including phenoxy) is 1. The lowest BCUT2D eigenvalue weighted by molar-refractivity contribution is -0.133. The van der Waals surface area contributed by atoms with Gasteiger partial charge < -0.3 is 15.4 Å². The molecule has 0 saturated heterocycles. The third-order valence-electron chi connectivity index (χ3n) is 3.87. The Kier molecular flexibility index (Phi) is 6.25. The largest absolute Gasteiger partial charge is 0.425 e. The van der Waals surface area contributed by atoms with Crippen LogP contribution in [-0.4, -0.2) is 24.6 Å². The van der Waals surface area contributed by atoms with Crippen LogP contribution in [-0.2, 0) is 11.2 Å². The molecule has 0 aromatic heterocycles. The second-order valence-corrected chi connectivity index (χ2v) is 5.64. The maximum Gasteiger partial charge on any atom is 0.330 e. The number of hydrogen-bond acceptors (Lipinski definition) is 3. The van der Waals surface area contributed by atoms with E-state index in [9.17, 15) is 9.59 Å². The van der Waals surface area contributed by atoms with Crippen LogP contribution in [0.5, 0.6) is 5.75 Å². The van der Waals surface area contributed by atoms with E-state index in [0.29, 0.717) is 5.75 Å². The number of aryl methyl sites for hydroxylation is 1. The summed E-state index contributed by atoms with van der Waals surface area (Å²) in [6, 6.07) is 7.33. The summed E-state index contributed by atoms with van der Waals surface area (Å²) in [6.07, 6.45) is 6.46. The van der Waals surface area contributed by atoms with Crippen LogP contribution in [0, 0.1) is 0 Å². The van der Waals surface area contributed by atoms with Crippen LogP contribution in [0.15, 0.2) is 24.3 Å². The van der Waals surface area contributed by atoms with Crippen molar-refractivity contribution in [3.05, 3.63) is 29.8 Å². The molecular weight excluding hydrogens is 280 g/mol. The molecular formula is C17H24N2O3. The van der Waals surface area contributed by atoms with Gasteiger partial charge in [0.15, 0.2) is 0 Å². The molecule has 1 aromatic rings. The van der Waals surface area contributed by atoms with Gasteiger partial charge in [-0.25, -0.2) is 9.59 Å². The molecule has 0 heterocycles. The lowest BCUT2D eigenvalue weighted by Gasteiger charge is -2.22. The maximum absolute atomic E-state index is 11.7. The summed E-state index contributed by atoms with van der Waals surface area (Å²) in [6.45, 7) is 1.91. The second-order valence-electron chi connectivity index (χ2n) is 5.64. The number of nitrogens with one attached hydrogen (secondary N) is 2. The van der Waals surface area contributed by atoms with Crippen LogP contribution in [0.1, 0.15) is 44.6 Å². The van der Waals surface area contributed by atoms with E-state index < -0.39 is 5.97 Å². The molecule has 1 aliphatic carbocycles. The van der Waals surface area contributed by atoms with Crippen LogP contribution in [0.25, 0.3) is 0 Å². The quantitative estimate of drug-likeness (QED) is 0.649. The number of carbonyl (C=O) groups is 2. The van der Waals surface area contributed by atoms with E-state index in [-0.39, 0.29) is 18.6 Å². The topological polar surface area (TPSA) is 67.4 Å². The molecule has 0 aliphatic heterocycles. The predicted molar refractivity (Wildman–Crippen MR) is 84.9 cm³/mol. The fourth-order valence-electron chi connectivity index (χ4n) is 2.63. The molecule has 2 rings (SSSR count). The number of carbonyl (C=O) groups excluding carboxylic acids is 2. The van der Waals surface area contributed by atoms with Gasteiger partial charge in [0, 0.05) is 6.04 Å². The van der Waals surface area contributed by atoms with Crippen LogP contribution in [0.3, 0.4) is 0 Å². The number of rotatable bonds is 5. The highest BCUT2D eigenvalue weighted by Crippen LogP contribution is 2.17. The van der Waals surface area contributed by atoms with E-state index in [1.54, 1.807) is 6.07 Å². The molecule has 22 heavy (non-hydrogen) atoms. The lowest BCUT2D eigenvalue weighted by atomic mass is 9.96. The summed E-state index contributed by atoms with van der Waals surface area (Å²) in [4.78, 5) is 23.5. The first-order valence-corrected chi connectivity index (χ1v) is 8.01. The molecule has 2 N–H and O–H groups in total. The highest BCUT2D eigenvalue weighted by molar-refractivity contribution is 5.82. The van der Waals surface area contributed by atoms with Gasteiger partial charge >= 0.3 is 12.0 Å². The number of amides is 2. The molecule has 120 valence electrons. The molecule has 0 spiro atoms. The van der Waals surface area contributed by atoms with Gasteiger partial charge in [-0.05, 0) is 37.0 Å². The molecule has 5 nitrogen and oxygen atoms in total. The van der Waals surface area contributed by atoms with Crippen molar-refractivity contribution >= 4 is 12.0 Å². The molecule has 1 fully saturated rings. The molecule has 0 atom stereocenters.